The summed E-state index contributed by atoms with van der Waals surface area (Å²) in [5.74, 6) is 0.798. The molecule has 3 heteroatoms. The van der Waals surface area contributed by atoms with Gasteiger partial charge in [0.1, 0.15) is 5.78 Å². The van der Waals surface area contributed by atoms with Gasteiger partial charge in [-0.05, 0) is 12.2 Å². The minimum Gasteiger partial charge on any atom is -0.380 e. The Hall–Kier alpha value is -0.0200. The van der Waals surface area contributed by atoms with E-state index in [0.29, 0.717) is 17.6 Å². The molecule has 0 aliphatic heterocycles. The molecule has 0 bridgehead atoms. The predicted molar refractivity (Wildman–Crippen MR) is 72.0 cm³/mol. The number of ketones is 1. The van der Waals surface area contributed by atoms with Gasteiger partial charge in [-0.3, -0.25) is 4.79 Å². The molecule has 0 amide bonds. The van der Waals surface area contributed by atoms with Gasteiger partial charge in [0.2, 0.25) is 0 Å². The van der Waals surface area contributed by atoms with Crippen LogP contribution in [0, 0.1) is 11.3 Å². The first-order valence-electron chi connectivity index (χ1n) is 5.83. The lowest BCUT2D eigenvalue weighted by molar-refractivity contribution is -0.128. The minimum atomic E-state index is -0.267. The maximum Gasteiger partial charge on any atom is 0.140 e. The number of ether oxygens (including phenoxy) is 1. The van der Waals surface area contributed by atoms with E-state index in [1.165, 1.54) is 0 Å². The van der Waals surface area contributed by atoms with Gasteiger partial charge in [0.25, 0.3) is 0 Å². The summed E-state index contributed by atoms with van der Waals surface area (Å²) >= 11 is 1.79. The van der Waals surface area contributed by atoms with E-state index >= 15 is 0 Å². The summed E-state index contributed by atoms with van der Waals surface area (Å²) in [5, 5.41) is 0.385. The van der Waals surface area contributed by atoms with Crippen molar-refractivity contribution >= 4 is 17.5 Å². The molecule has 16 heavy (non-hydrogen) atoms. The van der Waals surface area contributed by atoms with Gasteiger partial charge in [-0.2, -0.15) is 11.8 Å². The fourth-order valence-corrected chi connectivity index (χ4v) is 2.73. The summed E-state index contributed by atoms with van der Waals surface area (Å²) < 4.78 is 5.49. The second-order valence-corrected chi connectivity index (χ2v) is 6.61. The Morgan fingerprint density at radius 2 is 1.81 bits per heavy atom. The molecule has 0 heterocycles. The van der Waals surface area contributed by atoms with E-state index < -0.39 is 0 Å². The Balaban J connectivity index is 4.57. The van der Waals surface area contributed by atoms with E-state index in [1.807, 2.05) is 20.8 Å². The monoisotopic (exact) mass is 246 g/mol. The standard InChI is InChI=1S/C13H26O2S/c1-9(2)12(16-7)10(15-6)8-11(14)13(3,4)5/h9-10,12H,8H2,1-7H3/t10-,12-/m0/s1. The molecule has 0 spiro atoms. The third-order valence-corrected chi connectivity index (χ3v) is 4.21. The molecule has 0 radical (unpaired) electrons. The van der Waals surface area contributed by atoms with Crippen LogP contribution in [0.25, 0.3) is 0 Å². The van der Waals surface area contributed by atoms with Crippen molar-refractivity contribution in [3.63, 3.8) is 0 Å². The van der Waals surface area contributed by atoms with Crippen LogP contribution in [-0.2, 0) is 9.53 Å². The molecule has 0 rings (SSSR count). The van der Waals surface area contributed by atoms with Gasteiger partial charge in [-0.15, -0.1) is 0 Å². The largest absolute Gasteiger partial charge is 0.380 e. The zero-order valence-electron chi connectivity index (χ0n) is 11.7. The third kappa shape index (κ3) is 4.88. The van der Waals surface area contributed by atoms with Gasteiger partial charge < -0.3 is 4.74 Å². The van der Waals surface area contributed by atoms with Crippen molar-refractivity contribution in [2.45, 2.75) is 52.4 Å². The van der Waals surface area contributed by atoms with Gasteiger partial charge in [0, 0.05) is 24.2 Å². The SMILES string of the molecule is CO[C@@H](CC(=O)C(C)(C)C)[C@@H](SC)C(C)C. The number of methoxy groups -OCH3 is 1. The van der Waals surface area contributed by atoms with Crippen LogP contribution in [-0.4, -0.2) is 30.5 Å². The highest BCUT2D eigenvalue weighted by molar-refractivity contribution is 7.99. The van der Waals surface area contributed by atoms with Crippen molar-refractivity contribution in [3.8, 4) is 0 Å². The molecular weight excluding hydrogens is 220 g/mol. The fourth-order valence-electron chi connectivity index (χ4n) is 1.68. The van der Waals surface area contributed by atoms with Crippen molar-refractivity contribution < 1.29 is 9.53 Å². The molecule has 96 valence electrons. The number of rotatable bonds is 6. The molecule has 2 nitrogen and oxygen atoms in total. The Kier molecular flexibility index (Phi) is 6.64. The maximum atomic E-state index is 12.0. The molecule has 0 aromatic carbocycles. The average Bonchev–Trinajstić information content (AvgIpc) is 2.14. The highest BCUT2D eigenvalue weighted by Gasteiger charge is 2.30. The molecule has 0 unspecified atom stereocenters. The molecule has 0 aliphatic rings. The molecule has 0 saturated carbocycles. The first-order valence-corrected chi connectivity index (χ1v) is 7.11. The quantitative estimate of drug-likeness (QED) is 0.718. The van der Waals surface area contributed by atoms with Crippen molar-refractivity contribution in [2.24, 2.45) is 11.3 Å². The zero-order chi connectivity index (χ0) is 12.9. The van der Waals surface area contributed by atoms with Crippen LogP contribution in [0.2, 0.25) is 0 Å². The van der Waals surface area contributed by atoms with E-state index in [2.05, 4.69) is 20.1 Å². The summed E-state index contributed by atoms with van der Waals surface area (Å²) in [6.45, 7) is 10.2. The first kappa shape index (κ1) is 16.0. The lowest BCUT2D eigenvalue weighted by atomic mass is 9.86. The molecule has 2 atom stereocenters. The van der Waals surface area contributed by atoms with Gasteiger partial charge >= 0.3 is 0 Å². The number of hydrogen-bond donors (Lipinski definition) is 0. The maximum absolute atomic E-state index is 12.0. The van der Waals surface area contributed by atoms with E-state index in [0.717, 1.165) is 0 Å². The topological polar surface area (TPSA) is 26.3 Å². The van der Waals surface area contributed by atoms with Crippen molar-refractivity contribution in [1.82, 2.24) is 0 Å². The van der Waals surface area contributed by atoms with Gasteiger partial charge in [-0.1, -0.05) is 34.6 Å². The summed E-state index contributed by atoms with van der Waals surface area (Å²) in [7, 11) is 1.70. The summed E-state index contributed by atoms with van der Waals surface area (Å²) in [4.78, 5) is 12.0. The Labute approximate surface area is 105 Å². The average molecular weight is 246 g/mol. The third-order valence-electron chi connectivity index (χ3n) is 2.82. The Morgan fingerprint density at radius 3 is 2.06 bits per heavy atom. The van der Waals surface area contributed by atoms with Crippen LogP contribution in [0.5, 0.6) is 0 Å². The number of hydrogen-bond acceptors (Lipinski definition) is 3. The second kappa shape index (κ2) is 6.65. The number of Topliss-reactive ketones (excluding diaryl/α,β-unsaturated/α-hetero) is 1. The molecule has 0 aromatic heterocycles. The number of carbonyl (C=O) groups excluding carboxylic acids is 1. The first-order chi connectivity index (χ1) is 7.23. The Morgan fingerprint density at radius 1 is 1.31 bits per heavy atom. The summed E-state index contributed by atoms with van der Waals surface area (Å²) in [5.41, 5.74) is -0.267. The Bertz CT molecular complexity index is 218. The van der Waals surface area contributed by atoms with Crippen molar-refractivity contribution in [1.29, 1.82) is 0 Å². The molecule has 0 N–H and O–H groups in total. The fraction of sp³-hybridized carbons (Fsp3) is 0.923. The normalized spacial score (nSPS) is 16.2. The molecule has 0 fully saturated rings. The van der Waals surface area contributed by atoms with Crippen LogP contribution in [0.3, 0.4) is 0 Å². The van der Waals surface area contributed by atoms with Crippen molar-refractivity contribution in [3.05, 3.63) is 0 Å². The summed E-state index contributed by atoms with van der Waals surface area (Å²) in [6, 6.07) is 0. The lowest BCUT2D eigenvalue weighted by Gasteiger charge is -2.29. The van der Waals surface area contributed by atoms with Crippen LogP contribution < -0.4 is 0 Å². The van der Waals surface area contributed by atoms with Crippen LogP contribution >= 0.6 is 11.8 Å². The number of thioether (sulfide) groups is 1. The highest BCUT2D eigenvalue weighted by Crippen LogP contribution is 2.27. The van der Waals surface area contributed by atoms with Crippen LogP contribution in [0.15, 0.2) is 0 Å². The molecule has 0 aliphatic carbocycles. The van der Waals surface area contributed by atoms with Crippen LogP contribution in [0.1, 0.15) is 41.0 Å². The highest BCUT2D eigenvalue weighted by atomic mass is 32.2. The predicted octanol–water partition coefficient (Wildman–Crippen LogP) is 3.39. The van der Waals surface area contributed by atoms with Gasteiger partial charge in [-0.25, -0.2) is 0 Å². The van der Waals surface area contributed by atoms with Gasteiger partial charge in [0.05, 0.1) is 6.10 Å². The molecule has 0 aromatic rings. The smallest absolute Gasteiger partial charge is 0.140 e. The van der Waals surface area contributed by atoms with E-state index in [-0.39, 0.29) is 17.3 Å². The van der Waals surface area contributed by atoms with Crippen LogP contribution in [0.4, 0.5) is 0 Å². The number of carbonyl (C=O) groups is 1. The summed E-state index contributed by atoms with van der Waals surface area (Å²) in [6.07, 6.45) is 2.63. The molecular formula is C13H26O2S. The molecule has 0 saturated heterocycles. The van der Waals surface area contributed by atoms with E-state index in [1.54, 1.807) is 18.9 Å². The second-order valence-electron chi connectivity index (χ2n) is 5.60. The van der Waals surface area contributed by atoms with E-state index in [9.17, 15) is 4.79 Å². The lowest BCUT2D eigenvalue weighted by Crippen LogP contribution is -2.35. The minimum absolute atomic E-state index is 0.0294. The van der Waals surface area contributed by atoms with E-state index in [4.69, 9.17) is 4.74 Å². The van der Waals surface area contributed by atoms with Gasteiger partial charge in [0.15, 0.2) is 0 Å². The van der Waals surface area contributed by atoms with Crippen molar-refractivity contribution in [2.75, 3.05) is 13.4 Å². The zero-order valence-corrected chi connectivity index (χ0v) is 12.5.